The van der Waals surface area contributed by atoms with Crippen molar-refractivity contribution in [2.24, 2.45) is 0 Å². The zero-order valence-corrected chi connectivity index (χ0v) is 13.6. The van der Waals surface area contributed by atoms with Crippen molar-refractivity contribution in [1.82, 2.24) is 5.32 Å². The molecule has 4 heteroatoms. The van der Waals surface area contributed by atoms with E-state index in [1.807, 2.05) is 24.3 Å². The van der Waals surface area contributed by atoms with Crippen LogP contribution in [0.2, 0.25) is 5.02 Å². The van der Waals surface area contributed by atoms with Crippen molar-refractivity contribution >= 4 is 17.5 Å². The van der Waals surface area contributed by atoms with Gasteiger partial charge < -0.3 is 10.4 Å². The highest BCUT2D eigenvalue weighted by molar-refractivity contribution is 6.31. The van der Waals surface area contributed by atoms with Crippen molar-refractivity contribution in [3.63, 3.8) is 0 Å². The Bertz CT molecular complexity index is 701. The maximum Gasteiger partial charge on any atom is 0.220 e. The molecule has 0 saturated heterocycles. The van der Waals surface area contributed by atoms with Gasteiger partial charge in [-0.05, 0) is 36.0 Å². The Hall–Kier alpha value is -1.84. The van der Waals surface area contributed by atoms with Crippen LogP contribution in [0.15, 0.2) is 48.5 Å². The van der Waals surface area contributed by atoms with Crippen LogP contribution in [-0.4, -0.2) is 17.6 Å². The molecule has 2 aromatic rings. The van der Waals surface area contributed by atoms with E-state index in [0.717, 1.165) is 12.8 Å². The van der Waals surface area contributed by atoms with Gasteiger partial charge in [0.05, 0.1) is 6.10 Å². The second kappa shape index (κ2) is 7.16. The Morgan fingerprint density at radius 1 is 1.22 bits per heavy atom. The Labute approximate surface area is 141 Å². The lowest BCUT2D eigenvalue weighted by molar-refractivity contribution is -0.121. The Morgan fingerprint density at radius 2 is 1.96 bits per heavy atom. The molecule has 0 saturated carbocycles. The third-order valence-electron chi connectivity index (χ3n) is 4.45. The van der Waals surface area contributed by atoms with Crippen LogP contribution in [0.25, 0.3) is 0 Å². The number of aliphatic hydroxyl groups is 1. The van der Waals surface area contributed by atoms with Gasteiger partial charge in [0, 0.05) is 23.6 Å². The maximum atomic E-state index is 12.2. The first-order valence-corrected chi connectivity index (χ1v) is 8.30. The summed E-state index contributed by atoms with van der Waals surface area (Å²) >= 11 is 6.06. The quantitative estimate of drug-likeness (QED) is 0.880. The molecule has 120 valence electrons. The minimum Gasteiger partial charge on any atom is -0.387 e. The number of rotatable bonds is 5. The van der Waals surface area contributed by atoms with Crippen molar-refractivity contribution in [2.45, 2.75) is 31.3 Å². The van der Waals surface area contributed by atoms with Gasteiger partial charge in [-0.2, -0.15) is 0 Å². The van der Waals surface area contributed by atoms with Gasteiger partial charge in [0.1, 0.15) is 0 Å². The van der Waals surface area contributed by atoms with Crippen LogP contribution < -0.4 is 5.32 Å². The van der Waals surface area contributed by atoms with Crippen molar-refractivity contribution in [3.8, 4) is 0 Å². The predicted molar refractivity (Wildman–Crippen MR) is 91.5 cm³/mol. The van der Waals surface area contributed by atoms with E-state index in [4.69, 9.17) is 11.6 Å². The molecular formula is C19H20ClNO2. The summed E-state index contributed by atoms with van der Waals surface area (Å²) in [5, 5.41) is 13.5. The number of hydrogen-bond acceptors (Lipinski definition) is 2. The highest BCUT2D eigenvalue weighted by Crippen LogP contribution is 2.35. The number of amides is 1. The highest BCUT2D eigenvalue weighted by atomic mass is 35.5. The van der Waals surface area contributed by atoms with E-state index in [9.17, 15) is 9.90 Å². The van der Waals surface area contributed by atoms with E-state index in [1.165, 1.54) is 11.1 Å². The van der Waals surface area contributed by atoms with Gasteiger partial charge in [0.2, 0.25) is 5.91 Å². The molecule has 2 atom stereocenters. The minimum absolute atomic E-state index is 0.0298. The van der Waals surface area contributed by atoms with Gasteiger partial charge in [-0.1, -0.05) is 54.1 Å². The standard InChI is InChI=1S/C19H20ClNO2/c20-17-8-4-3-7-16(17)18(22)12-21-19(23)11-14-10-9-13-5-1-2-6-15(13)14/h1-8,14,18,22H,9-12H2,(H,21,23). The molecule has 0 spiro atoms. The van der Waals surface area contributed by atoms with Crippen molar-refractivity contribution in [3.05, 3.63) is 70.2 Å². The largest absolute Gasteiger partial charge is 0.387 e. The van der Waals surface area contributed by atoms with E-state index in [2.05, 4.69) is 17.4 Å². The van der Waals surface area contributed by atoms with Gasteiger partial charge in [-0.25, -0.2) is 0 Å². The Morgan fingerprint density at radius 3 is 2.78 bits per heavy atom. The van der Waals surface area contributed by atoms with Crippen LogP contribution in [0.5, 0.6) is 0 Å². The summed E-state index contributed by atoms with van der Waals surface area (Å²) in [6, 6.07) is 15.4. The molecule has 0 fully saturated rings. The molecule has 2 N–H and O–H groups in total. The molecule has 0 heterocycles. The van der Waals surface area contributed by atoms with Crippen molar-refractivity contribution < 1.29 is 9.90 Å². The van der Waals surface area contributed by atoms with E-state index in [-0.39, 0.29) is 18.4 Å². The summed E-state index contributed by atoms with van der Waals surface area (Å²) in [5.41, 5.74) is 3.27. The molecule has 23 heavy (non-hydrogen) atoms. The summed E-state index contributed by atoms with van der Waals surface area (Å²) in [5.74, 6) is 0.251. The first-order chi connectivity index (χ1) is 11.1. The lowest BCUT2D eigenvalue weighted by atomic mass is 9.97. The number of carbonyl (C=O) groups excluding carboxylic acids is 1. The number of benzene rings is 2. The normalized spacial score (nSPS) is 17.6. The fraction of sp³-hybridized carbons (Fsp3) is 0.316. The second-order valence-electron chi connectivity index (χ2n) is 5.98. The molecule has 0 bridgehead atoms. The number of fused-ring (bicyclic) bond motifs is 1. The summed E-state index contributed by atoms with van der Waals surface area (Å²) in [6.45, 7) is 0.178. The summed E-state index contributed by atoms with van der Waals surface area (Å²) in [6.07, 6.45) is 1.73. The van der Waals surface area contributed by atoms with Gasteiger partial charge in [0.15, 0.2) is 0 Å². The number of aliphatic hydroxyl groups excluding tert-OH is 1. The summed E-state index contributed by atoms with van der Waals surface area (Å²) in [4.78, 5) is 12.2. The topological polar surface area (TPSA) is 49.3 Å². The third-order valence-corrected chi connectivity index (χ3v) is 4.79. The third kappa shape index (κ3) is 3.74. The SMILES string of the molecule is O=C(CC1CCc2ccccc21)NCC(O)c1ccccc1Cl. The molecule has 1 amide bonds. The summed E-state index contributed by atoms with van der Waals surface area (Å²) < 4.78 is 0. The average molecular weight is 330 g/mol. The average Bonchev–Trinajstić information content (AvgIpc) is 2.96. The maximum absolute atomic E-state index is 12.2. The first-order valence-electron chi connectivity index (χ1n) is 7.92. The zero-order valence-electron chi connectivity index (χ0n) is 12.8. The van der Waals surface area contributed by atoms with Crippen LogP contribution in [0, 0.1) is 0 Å². The Kier molecular flexibility index (Phi) is 4.99. The number of halogens is 1. The number of carbonyl (C=O) groups is 1. The molecule has 1 aliphatic carbocycles. The molecule has 0 aromatic heterocycles. The van der Waals surface area contributed by atoms with Crippen LogP contribution in [0.4, 0.5) is 0 Å². The van der Waals surface area contributed by atoms with Crippen LogP contribution in [-0.2, 0) is 11.2 Å². The van der Waals surface area contributed by atoms with Crippen molar-refractivity contribution in [1.29, 1.82) is 0 Å². The predicted octanol–water partition coefficient (Wildman–Crippen LogP) is 3.61. The number of aryl methyl sites for hydroxylation is 1. The molecule has 3 rings (SSSR count). The molecule has 2 aromatic carbocycles. The smallest absolute Gasteiger partial charge is 0.220 e. The zero-order chi connectivity index (χ0) is 16.2. The number of nitrogens with one attached hydrogen (secondary N) is 1. The van der Waals surface area contributed by atoms with E-state index >= 15 is 0 Å². The van der Waals surface area contributed by atoms with Gasteiger partial charge >= 0.3 is 0 Å². The van der Waals surface area contributed by atoms with Crippen molar-refractivity contribution in [2.75, 3.05) is 6.54 Å². The van der Waals surface area contributed by atoms with Crippen LogP contribution in [0.3, 0.4) is 0 Å². The molecular weight excluding hydrogens is 310 g/mol. The summed E-state index contributed by atoms with van der Waals surface area (Å²) in [7, 11) is 0. The fourth-order valence-electron chi connectivity index (χ4n) is 3.22. The van der Waals surface area contributed by atoms with E-state index < -0.39 is 6.10 Å². The van der Waals surface area contributed by atoms with E-state index in [1.54, 1.807) is 12.1 Å². The molecule has 1 aliphatic rings. The Balaban J connectivity index is 1.54. The lowest BCUT2D eigenvalue weighted by Crippen LogP contribution is -2.29. The monoisotopic (exact) mass is 329 g/mol. The van der Waals surface area contributed by atoms with Crippen LogP contribution in [0.1, 0.15) is 41.6 Å². The fourth-order valence-corrected chi connectivity index (χ4v) is 3.48. The van der Waals surface area contributed by atoms with Gasteiger partial charge in [-0.3, -0.25) is 4.79 Å². The van der Waals surface area contributed by atoms with Crippen LogP contribution >= 0.6 is 11.6 Å². The van der Waals surface area contributed by atoms with E-state index in [0.29, 0.717) is 17.0 Å². The lowest BCUT2D eigenvalue weighted by Gasteiger charge is -2.15. The molecule has 3 nitrogen and oxygen atoms in total. The highest BCUT2D eigenvalue weighted by Gasteiger charge is 2.24. The van der Waals surface area contributed by atoms with Gasteiger partial charge in [0.25, 0.3) is 0 Å². The number of hydrogen-bond donors (Lipinski definition) is 2. The molecule has 2 unspecified atom stereocenters. The molecule has 0 radical (unpaired) electrons. The second-order valence-corrected chi connectivity index (χ2v) is 6.39. The minimum atomic E-state index is -0.788. The first kappa shape index (κ1) is 16.0. The van der Waals surface area contributed by atoms with Gasteiger partial charge in [-0.15, -0.1) is 0 Å². The molecule has 0 aliphatic heterocycles.